The maximum atomic E-state index is 15.2. The van der Waals surface area contributed by atoms with Crippen LogP contribution in [0.2, 0.25) is 0 Å². The molecular formula is C28H23F4N5O3. The first kappa shape index (κ1) is 27.2. The molecule has 8 nitrogen and oxygen atoms in total. The summed E-state index contributed by atoms with van der Waals surface area (Å²) in [7, 11) is 2.49. The number of benzene rings is 1. The lowest BCUT2D eigenvalue weighted by atomic mass is 9.86. The summed E-state index contributed by atoms with van der Waals surface area (Å²) in [6.07, 6.45) is -3.02. The van der Waals surface area contributed by atoms with Gasteiger partial charge in [-0.1, -0.05) is 0 Å². The highest BCUT2D eigenvalue weighted by molar-refractivity contribution is 5.91. The van der Waals surface area contributed by atoms with Gasteiger partial charge in [-0.15, -0.1) is 0 Å². The number of ether oxygens (including phenoxy) is 2. The molecule has 1 aromatic carbocycles. The van der Waals surface area contributed by atoms with Crippen LogP contribution in [0, 0.1) is 17.1 Å². The summed E-state index contributed by atoms with van der Waals surface area (Å²) in [5.41, 5.74) is -0.462. The predicted molar refractivity (Wildman–Crippen MR) is 136 cm³/mol. The normalized spacial score (nSPS) is 19.4. The molecule has 0 bridgehead atoms. The van der Waals surface area contributed by atoms with E-state index in [1.165, 1.54) is 25.3 Å². The minimum atomic E-state index is -4.93. The van der Waals surface area contributed by atoms with Gasteiger partial charge in [-0.3, -0.25) is 14.3 Å². The molecule has 0 aliphatic carbocycles. The second kappa shape index (κ2) is 10.3. The Morgan fingerprint density at radius 1 is 1.15 bits per heavy atom. The molecule has 5 rings (SSSR count). The number of aromatic nitrogens is 4. The fraction of sp³-hybridized carbons (Fsp3) is 0.321. The molecule has 12 heteroatoms. The van der Waals surface area contributed by atoms with Crippen LogP contribution in [0.5, 0.6) is 5.88 Å². The average Bonchev–Trinajstić information content (AvgIpc) is 2.93. The molecule has 1 saturated heterocycles. The van der Waals surface area contributed by atoms with Gasteiger partial charge in [0, 0.05) is 36.5 Å². The molecule has 0 amide bonds. The van der Waals surface area contributed by atoms with Crippen molar-refractivity contribution in [2.45, 2.75) is 44.1 Å². The van der Waals surface area contributed by atoms with Crippen LogP contribution in [0.4, 0.5) is 17.6 Å². The standard InChI is InChI=1S/C28H23F4N5O3/c1-14-8-17(10-22(40-14)16-6-7-34-23(11-16)39-3)21-12-19-25(36-27(28(30,31)32)37(2)26(19)38)24(35-21)18-5-4-15(13-33)9-20(18)29/h4-7,9,11-12,14,17,22H,8,10H2,1-3H3/t14-,17-,22+/m0/s1. The SMILES string of the molecule is COc1cc([C@H]2C[C@@H](c3cc4c(=O)n(C)c(C(F)(F)F)nc4c(-c4ccc(C#N)cc4F)n3)C[C@H](C)O2)ccn1. The van der Waals surface area contributed by atoms with Gasteiger partial charge in [-0.05, 0) is 55.7 Å². The second-order valence-corrected chi connectivity index (χ2v) is 9.63. The van der Waals surface area contributed by atoms with E-state index in [-0.39, 0.29) is 45.8 Å². The molecule has 0 radical (unpaired) electrons. The number of nitriles is 1. The van der Waals surface area contributed by atoms with Crippen molar-refractivity contribution >= 4 is 10.9 Å². The minimum absolute atomic E-state index is 0.0236. The Kier molecular flexibility index (Phi) is 7.01. The van der Waals surface area contributed by atoms with Crippen molar-refractivity contribution in [3.8, 4) is 23.2 Å². The van der Waals surface area contributed by atoms with Crippen LogP contribution in [0.3, 0.4) is 0 Å². The van der Waals surface area contributed by atoms with Gasteiger partial charge in [0.1, 0.15) is 11.3 Å². The molecule has 1 aliphatic rings. The molecule has 40 heavy (non-hydrogen) atoms. The number of rotatable bonds is 4. The quantitative estimate of drug-likeness (QED) is 0.310. The molecule has 4 heterocycles. The van der Waals surface area contributed by atoms with E-state index in [1.807, 2.05) is 13.0 Å². The first-order valence-corrected chi connectivity index (χ1v) is 12.3. The number of hydrogen-bond donors (Lipinski definition) is 0. The van der Waals surface area contributed by atoms with E-state index in [0.717, 1.165) is 18.7 Å². The third-order valence-corrected chi connectivity index (χ3v) is 6.96. The molecule has 0 unspecified atom stereocenters. The van der Waals surface area contributed by atoms with Crippen LogP contribution in [0.1, 0.15) is 54.4 Å². The van der Waals surface area contributed by atoms with Crippen molar-refractivity contribution in [2.75, 3.05) is 7.11 Å². The van der Waals surface area contributed by atoms with E-state index in [2.05, 4.69) is 15.0 Å². The van der Waals surface area contributed by atoms with Gasteiger partial charge >= 0.3 is 6.18 Å². The first-order chi connectivity index (χ1) is 19.0. The number of methoxy groups -OCH3 is 1. The highest BCUT2D eigenvalue weighted by atomic mass is 19.4. The van der Waals surface area contributed by atoms with Gasteiger partial charge in [0.05, 0.1) is 42.0 Å². The van der Waals surface area contributed by atoms with Crippen molar-refractivity contribution in [3.05, 3.63) is 81.4 Å². The van der Waals surface area contributed by atoms with Crippen molar-refractivity contribution in [1.29, 1.82) is 5.26 Å². The Morgan fingerprint density at radius 2 is 1.93 bits per heavy atom. The third-order valence-electron chi connectivity index (χ3n) is 6.96. The van der Waals surface area contributed by atoms with E-state index >= 15 is 4.39 Å². The zero-order chi connectivity index (χ0) is 28.8. The highest BCUT2D eigenvalue weighted by Crippen LogP contribution is 2.42. The Morgan fingerprint density at radius 3 is 2.60 bits per heavy atom. The average molecular weight is 554 g/mol. The maximum Gasteiger partial charge on any atom is 0.449 e. The van der Waals surface area contributed by atoms with E-state index in [1.54, 1.807) is 18.3 Å². The van der Waals surface area contributed by atoms with Crippen molar-refractivity contribution in [3.63, 3.8) is 0 Å². The Hall–Kier alpha value is -4.37. The van der Waals surface area contributed by atoms with Crippen LogP contribution in [-0.4, -0.2) is 32.7 Å². The molecule has 0 N–H and O–H groups in total. The number of halogens is 4. The van der Waals surface area contributed by atoms with Gasteiger partial charge in [0.2, 0.25) is 11.7 Å². The monoisotopic (exact) mass is 553 g/mol. The van der Waals surface area contributed by atoms with E-state index in [0.29, 0.717) is 29.0 Å². The summed E-state index contributed by atoms with van der Waals surface area (Å²) in [5, 5.41) is 9.02. The number of fused-ring (bicyclic) bond motifs is 1. The molecule has 1 aliphatic heterocycles. The van der Waals surface area contributed by atoms with Crippen LogP contribution < -0.4 is 10.3 Å². The van der Waals surface area contributed by atoms with Gasteiger partial charge in [0.25, 0.3) is 5.56 Å². The topological polar surface area (TPSA) is 103 Å². The van der Waals surface area contributed by atoms with E-state index in [9.17, 15) is 18.0 Å². The zero-order valence-electron chi connectivity index (χ0n) is 21.7. The van der Waals surface area contributed by atoms with Gasteiger partial charge in [-0.25, -0.2) is 14.4 Å². The number of pyridine rings is 2. The fourth-order valence-electron chi connectivity index (χ4n) is 5.06. The molecule has 3 aromatic heterocycles. The Labute approximate surface area is 225 Å². The second-order valence-electron chi connectivity index (χ2n) is 9.63. The van der Waals surface area contributed by atoms with Crippen LogP contribution >= 0.6 is 0 Å². The molecular weight excluding hydrogens is 530 g/mol. The van der Waals surface area contributed by atoms with Gasteiger partial charge in [-0.2, -0.15) is 18.4 Å². The summed E-state index contributed by atoms with van der Waals surface area (Å²) in [6.45, 7) is 1.88. The minimum Gasteiger partial charge on any atom is -0.481 e. The Bertz CT molecular complexity index is 1710. The molecule has 4 aromatic rings. The van der Waals surface area contributed by atoms with Crippen LogP contribution in [0.15, 0.2) is 47.4 Å². The van der Waals surface area contributed by atoms with Gasteiger partial charge < -0.3 is 9.47 Å². The molecule has 206 valence electrons. The first-order valence-electron chi connectivity index (χ1n) is 12.3. The molecule has 3 atom stereocenters. The Balaban J connectivity index is 1.71. The van der Waals surface area contributed by atoms with Gasteiger partial charge in [0.15, 0.2) is 0 Å². The zero-order valence-corrected chi connectivity index (χ0v) is 21.7. The number of nitrogens with zero attached hydrogens (tertiary/aromatic N) is 5. The summed E-state index contributed by atoms with van der Waals surface area (Å²) in [4.78, 5) is 25.7. The lowest BCUT2D eigenvalue weighted by Gasteiger charge is -2.34. The van der Waals surface area contributed by atoms with Crippen molar-refractivity contribution < 1.29 is 27.0 Å². The summed E-state index contributed by atoms with van der Waals surface area (Å²) in [5.74, 6) is -2.18. The smallest absolute Gasteiger partial charge is 0.449 e. The van der Waals surface area contributed by atoms with E-state index < -0.39 is 23.4 Å². The van der Waals surface area contributed by atoms with E-state index in [4.69, 9.17) is 14.7 Å². The molecule has 0 saturated carbocycles. The predicted octanol–water partition coefficient (Wildman–Crippen LogP) is 5.45. The molecule has 0 spiro atoms. The van der Waals surface area contributed by atoms with Crippen LogP contribution in [-0.2, 0) is 18.0 Å². The van der Waals surface area contributed by atoms with Crippen LogP contribution in [0.25, 0.3) is 22.2 Å². The number of alkyl halides is 3. The maximum absolute atomic E-state index is 15.2. The summed E-state index contributed by atoms with van der Waals surface area (Å²) >= 11 is 0. The highest BCUT2D eigenvalue weighted by Gasteiger charge is 2.38. The summed E-state index contributed by atoms with van der Waals surface area (Å²) < 4.78 is 68.3. The summed E-state index contributed by atoms with van der Waals surface area (Å²) in [6, 6.07) is 10.3. The fourth-order valence-corrected chi connectivity index (χ4v) is 5.06. The molecule has 1 fully saturated rings. The van der Waals surface area contributed by atoms with Crippen molar-refractivity contribution in [2.24, 2.45) is 7.05 Å². The number of hydrogen-bond acceptors (Lipinski definition) is 7. The van der Waals surface area contributed by atoms with Crippen molar-refractivity contribution in [1.82, 2.24) is 19.5 Å². The largest absolute Gasteiger partial charge is 0.481 e. The lowest BCUT2D eigenvalue weighted by molar-refractivity contribution is -0.147. The lowest BCUT2D eigenvalue weighted by Crippen LogP contribution is -2.29. The third kappa shape index (κ3) is 5.00.